The van der Waals surface area contributed by atoms with Crippen molar-refractivity contribution in [2.45, 2.75) is 45.4 Å². The summed E-state index contributed by atoms with van der Waals surface area (Å²) in [6, 6.07) is 3.28. The second-order valence-electron chi connectivity index (χ2n) is 6.36. The van der Waals surface area contributed by atoms with Crippen LogP contribution in [0.25, 0.3) is 0 Å². The predicted octanol–water partition coefficient (Wildman–Crippen LogP) is 3.29. The summed E-state index contributed by atoms with van der Waals surface area (Å²) in [5, 5.41) is 12.5. The topological polar surface area (TPSA) is 62.2 Å². The normalized spacial score (nSPS) is 15.9. The van der Waals surface area contributed by atoms with Gasteiger partial charge in [-0.2, -0.15) is 0 Å². The van der Waals surface area contributed by atoms with E-state index in [1.807, 2.05) is 20.8 Å². The van der Waals surface area contributed by atoms with E-state index in [4.69, 9.17) is 0 Å². The number of nitrogens with zero attached hydrogens (tertiary/aromatic N) is 1. The number of carbonyl (C=O) groups is 1. The molecule has 104 valence electrons. The fourth-order valence-corrected chi connectivity index (χ4v) is 2.07. The van der Waals surface area contributed by atoms with Crippen LogP contribution in [-0.2, 0) is 5.41 Å². The Labute approximate surface area is 114 Å². The molecular weight excluding hydrogens is 240 g/mol. The van der Waals surface area contributed by atoms with Gasteiger partial charge < -0.3 is 10.4 Å². The molecule has 19 heavy (non-hydrogen) atoms. The second-order valence-corrected chi connectivity index (χ2v) is 6.36. The zero-order valence-electron chi connectivity index (χ0n) is 11.9. The Bertz CT molecular complexity index is 474. The summed E-state index contributed by atoms with van der Waals surface area (Å²) in [6.07, 6.45) is 3.83. The molecule has 4 heteroatoms. The Balaban J connectivity index is 2.20. The monoisotopic (exact) mass is 262 g/mol. The Morgan fingerprint density at radius 3 is 2.58 bits per heavy atom. The third kappa shape index (κ3) is 3.46. The zero-order chi connectivity index (χ0) is 14.0. The fourth-order valence-electron chi connectivity index (χ4n) is 2.07. The number of aromatic nitrogens is 1. The highest BCUT2D eigenvalue weighted by Crippen LogP contribution is 2.27. The smallest absolute Gasteiger partial charge is 0.335 e. The quantitative estimate of drug-likeness (QED) is 0.874. The van der Waals surface area contributed by atoms with E-state index in [2.05, 4.69) is 10.3 Å². The third-order valence-corrected chi connectivity index (χ3v) is 3.64. The number of aromatic carboxylic acids is 1. The maximum atomic E-state index is 11.2. The summed E-state index contributed by atoms with van der Waals surface area (Å²) in [6.45, 7) is 7.00. The number of carboxylic acids is 1. The summed E-state index contributed by atoms with van der Waals surface area (Å²) in [5.41, 5.74) is 0.956. The van der Waals surface area contributed by atoms with Crippen molar-refractivity contribution in [3.63, 3.8) is 0 Å². The van der Waals surface area contributed by atoms with Gasteiger partial charge in [-0.05, 0) is 30.9 Å². The van der Waals surface area contributed by atoms with E-state index in [-0.39, 0.29) is 5.41 Å². The van der Waals surface area contributed by atoms with Gasteiger partial charge in [0, 0.05) is 17.7 Å². The molecule has 1 aromatic rings. The maximum absolute atomic E-state index is 11.2. The van der Waals surface area contributed by atoms with Crippen LogP contribution in [0, 0.1) is 5.92 Å². The van der Waals surface area contributed by atoms with Crippen LogP contribution in [0.2, 0.25) is 0 Å². The third-order valence-electron chi connectivity index (χ3n) is 3.64. The highest BCUT2D eigenvalue weighted by atomic mass is 16.4. The first-order valence-corrected chi connectivity index (χ1v) is 6.86. The minimum Gasteiger partial charge on any atom is -0.478 e. The minimum absolute atomic E-state index is 0.154. The van der Waals surface area contributed by atoms with Gasteiger partial charge in [-0.3, -0.25) is 0 Å². The Morgan fingerprint density at radius 2 is 2.11 bits per heavy atom. The van der Waals surface area contributed by atoms with E-state index in [0.29, 0.717) is 17.3 Å². The molecule has 1 aliphatic rings. The molecule has 0 spiro atoms. The summed E-state index contributed by atoms with van der Waals surface area (Å²) in [4.78, 5) is 15.7. The first-order chi connectivity index (χ1) is 8.86. The minimum atomic E-state index is -0.903. The number of hydrogen-bond acceptors (Lipinski definition) is 3. The lowest BCUT2D eigenvalue weighted by Gasteiger charge is -2.26. The first kappa shape index (κ1) is 13.8. The van der Waals surface area contributed by atoms with Crippen molar-refractivity contribution in [1.29, 1.82) is 0 Å². The van der Waals surface area contributed by atoms with Crippen molar-refractivity contribution in [1.82, 2.24) is 4.98 Å². The van der Waals surface area contributed by atoms with Gasteiger partial charge >= 0.3 is 5.97 Å². The van der Waals surface area contributed by atoms with E-state index in [1.54, 1.807) is 12.1 Å². The molecule has 0 radical (unpaired) electrons. The van der Waals surface area contributed by atoms with Crippen LogP contribution >= 0.6 is 0 Å². The van der Waals surface area contributed by atoms with Crippen molar-refractivity contribution < 1.29 is 9.90 Å². The van der Waals surface area contributed by atoms with Gasteiger partial charge in [-0.15, -0.1) is 0 Å². The molecule has 1 heterocycles. The van der Waals surface area contributed by atoms with E-state index < -0.39 is 5.97 Å². The Kier molecular flexibility index (Phi) is 3.78. The largest absolute Gasteiger partial charge is 0.478 e. The van der Waals surface area contributed by atoms with Crippen molar-refractivity contribution >= 4 is 11.8 Å². The molecule has 1 fully saturated rings. The summed E-state index contributed by atoms with van der Waals surface area (Å²) in [5.74, 6) is 0.490. The molecule has 1 aromatic heterocycles. The molecule has 4 nitrogen and oxygen atoms in total. The van der Waals surface area contributed by atoms with Gasteiger partial charge in [0.2, 0.25) is 0 Å². The highest BCUT2D eigenvalue weighted by Gasteiger charge is 2.20. The second kappa shape index (κ2) is 5.19. The lowest BCUT2D eigenvalue weighted by molar-refractivity contribution is 0.0696. The maximum Gasteiger partial charge on any atom is 0.335 e. The van der Waals surface area contributed by atoms with Crippen LogP contribution in [-0.4, -0.2) is 22.6 Å². The molecule has 0 amide bonds. The lowest BCUT2D eigenvalue weighted by Crippen LogP contribution is -2.22. The molecule has 2 N–H and O–H groups in total. The summed E-state index contributed by atoms with van der Waals surface area (Å²) >= 11 is 0. The van der Waals surface area contributed by atoms with Crippen LogP contribution in [0.5, 0.6) is 0 Å². The van der Waals surface area contributed by atoms with Crippen molar-refractivity contribution in [3.8, 4) is 0 Å². The van der Waals surface area contributed by atoms with Gasteiger partial charge in [-0.25, -0.2) is 9.78 Å². The average Bonchev–Trinajstić information content (AvgIpc) is 2.25. The van der Waals surface area contributed by atoms with Crippen molar-refractivity contribution in [2.24, 2.45) is 5.92 Å². The zero-order valence-corrected chi connectivity index (χ0v) is 11.9. The van der Waals surface area contributed by atoms with Gasteiger partial charge in [0.1, 0.15) is 5.82 Å². The van der Waals surface area contributed by atoms with Crippen molar-refractivity contribution in [2.75, 3.05) is 11.9 Å². The molecule has 0 unspecified atom stereocenters. The van der Waals surface area contributed by atoms with Gasteiger partial charge in [0.05, 0.1) is 5.56 Å². The lowest BCUT2D eigenvalue weighted by atomic mass is 9.85. The van der Waals surface area contributed by atoms with Gasteiger partial charge in [0.25, 0.3) is 0 Å². The molecular formula is C15H22N2O2. The van der Waals surface area contributed by atoms with Crippen LogP contribution in [0.15, 0.2) is 12.1 Å². The van der Waals surface area contributed by atoms with Crippen LogP contribution < -0.4 is 5.32 Å². The molecule has 1 aliphatic carbocycles. The van der Waals surface area contributed by atoms with E-state index >= 15 is 0 Å². The van der Waals surface area contributed by atoms with Crippen LogP contribution in [0.1, 0.15) is 56.1 Å². The molecule has 0 saturated heterocycles. The predicted molar refractivity (Wildman–Crippen MR) is 75.7 cm³/mol. The number of pyridine rings is 1. The first-order valence-electron chi connectivity index (χ1n) is 6.86. The number of rotatable bonds is 4. The molecule has 0 aromatic carbocycles. The number of carboxylic acid groups (broad SMARTS) is 1. The molecule has 0 atom stereocenters. The molecule has 0 bridgehead atoms. The molecule has 1 saturated carbocycles. The van der Waals surface area contributed by atoms with Crippen molar-refractivity contribution in [3.05, 3.63) is 23.4 Å². The molecule has 2 rings (SSSR count). The highest BCUT2D eigenvalue weighted by molar-refractivity contribution is 5.88. The average molecular weight is 262 g/mol. The summed E-state index contributed by atoms with van der Waals surface area (Å²) < 4.78 is 0. The number of nitrogens with one attached hydrogen (secondary N) is 1. The summed E-state index contributed by atoms with van der Waals surface area (Å²) in [7, 11) is 0. The Hall–Kier alpha value is -1.58. The standard InChI is InChI=1S/C15H22N2O2/c1-15(2,3)12-7-11(14(18)19)8-13(17-12)16-9-10-5-4-6-10/h7-8,10H,4-6,9H2,1-3H3,(H,16,17)(H,18,19). The van der Waals surface area contributed by atoms with Gasteiger partial charge in [0.15, 0.2) is 0 Å². The van der Waals surface area contributed by atoms with Crippen LogP contribution in [0.4, 0.5) is 5.82 Å². The van der Waals surface area contributed by atoms with Crippen LogP contribution in [0.3, 0.4) is 0 Å². The SMILES string of the molecule is CC(C)(C)c1cc(C(=O)O)cc(NCC2CCC2)n1. The van der Waals surface area contributed by atoms with E-state index in [0.717, 1.165) is 12.2 Å². The van der Waals surface area contributed by atoms with E-state index in [9.17, 15) is 9.90 Å². The Morgan fingerprint density at radius 1 is 1.42 bits per heavy atom. The number of hydrogen-bond donors (Lipinski definition) is 2. The van der Waals surface area contributed by atoms with E-state index in [1.165, 1.54) is 19.3 Å². The van der Waals surface area contributed by atoms with Gasteiger partial charge in [-0.1, -0.05) is 27.2 Å². The molecule has 0 aliphatic heterocycles. The number of anilines is 1. The fraction of sp³-hybridized carbons (Fsp3) is 0.600.